The van der Waals surface area contributed by atoms with Gasteiger partial charge in [0.25, 0.3) is 11.8 Å². The van der Waals surface area contributed by atoms with Crippen molar-refractivity contribution < 1.29 is 31.3 Å². The van der Waals surface area contributed by atoms with Crippen LogP contribution in [0.25, 0.3) is 0 Å². The zero-order valence-electron chi connectivity index (χ0n) is 21.3. The molecule has 0 radical (unpaired) electrons. The number of rotatable bonds is 6. The van der Waals surface area contributed by atoms with E-state index in [9.17, 15) is 22.2 Å². The Bertz CT molecular complexity index is 1570. The summed E-state index contributed by atoms with van der Waals surface area (Å²) in [6.45, 7) is 6.18. The molecular formula is C26H26F4N4O3S. The van der Waals surface area contributed by atoms with Gasteiger partial charge in [-0.05, 0) is 80.0 Å². The van der Waals surface area contributed by atoms with Crippen molar-refractivity contribution in [3.05, 3.63) is 69.7 Å². The number of amides is 1. The lowest BCUT2D eigenvalue weighted by Gasteiger charge is -2.20. The molecule has 1 fully saturated rings. The molecule has 0 spiro atoms. The molecule has 0 saturated heterocycles. The number of benzene rings is 2. The van der Waals surface area contributed by atoms with Gasteiger partial charge < -0.3 is 10.1 Å². The monoisotopic (exact) mass is 550 g/mol. The highest BCUT2D eigenvalue weighted by atomic mass is 32.2. The molecule has 1 atom stereocenters. The Labute approximate surface area is 217 Å². The summed E-state index contributed by atoms with van der Waals surface area (Å²) >= 11 is 0. The molecule has 12 heteroatoms. The summed E-state index contributed by atoms with van der Waals surface area (Å²) in [5.74, 6) is -1.98. The van der Waals surface area contributed by atoms with Crippen molar-refractivity contribution in [1.29, 1.82) is 4.78 Å². The fraction of sp³-hybridized carbons (Fsp3) is 0.346. The molecule has 7 nitrogen and oxygen atoms in total. The largest absolute Gasteiger partial charge is 0.436 e. The number of carbonyl (C=O) groups excluding carboxylic acids is 1. The molecule has 4 rings (SSSR count). The first kappa shape index (κ1) is 27.5. The Morgan fingerprint density at radius 1 is 1.13 bits per heavy atom. The molecule has 1 amide bonds. The molecule has 1 aliphatic carbocycles. The highest BCUT2D eigenvalue weighted by Gasteiger charge is 2.42. The first-order valence-corrected chi connectivity index (χ1v) is 13.6. The number of nitrogens with one attached hydrogen (secondary N) is 2. The van der Waals surface area contributed by atoms with Crippen molar-refractivity contribution in [2.45, 2.75) is 57.0 Å². The molecule has 1 heterocycles. The van der Waals surface area contributed by atoms with E-state index in [0.29, 0.717) is 11.1 Å². The van der Waals surface area contributed by atoms with Gasteiger partial charge in [-0.25, -0.2) is 13.4 Å². The van der Waals surface area contributed by atoms with Gasteiger partial charge in [0.05, 0.1) is 9.73 Å². The van der Waals surface area contributed by atoms with Gasteiger partial charge in [0.1, 0.15) is 17.1 Å². The van der Waals surface area contributed by atoms with Gasteiger partial charge in [0.2, 0.25) is 0 Å². The highest BCUT2D eigenvalue weighted by molar-refractivity contribution is 7.91. The molecule has 1 unspecified atom stereocenters. The molecular weight excluding hydrogens is 524 g/mol. The number of hydrogen-bond donors (Lipinski definition) is 2. The number of aryl methyl sites for hydroxylation is 1. The molecule has 1 aromatic heterocycles. The zero-order valence-corrected chi connectivity index (χ0v) is 22.2. The van der Waals surface area contributed by atoms with Gasteiger partial charge in [-0.15, -0.1) is 10.2 Å². The minimum atomic E-state index is -4.90. The van der Waals surface area contributed by atoms with Crippen LogP contribution in [-0.4, -0.2) is 26.6 Å². The molecule has 1 saturated carbocycles. The molecule has 2 N–H and O–H groups in total. The highest BCUT2D eigenvalue weighted by Crippen LogP contribution is 2.50. The first-order chi connectivity index (χ1) is 17.5. The second-order valence-electron chi connectivity index (χ2n) is 9.85. The molecule has 0 aliphatic heterocycles. The van der Waals surface area contributed by atoms with Crippen molar-refractivity contribution in [3.63, 3.8) is 0 Å². The Balaban J connectivity index is 1.80. The lowest BCUT2D eigenvalue weighted by atomic mass is 9.93. The fourth-order valence-corrected chi connectivity index (χ4v) is 4.90. The average Bonchev–Trinajstić information content (AvgIpc) is 3.56. The Morgan fingerprint density at radius 3 is 2.37 bits per heavy atom. The number of alkyl halides is 3. The van der Waals surface area contributed by atoms with Crippen LogP contribution in [0, 0.1) is 31.4 Å². The molecule has 202 valence electrons. The van der Waals surface area contributed by atoms with Gasteiger partial charge in [-0.2, -0.15) is 13.2 Å². The van der Waals surface area contributed by atoms with Crippen molar-refractivity contribution in [3.8, 4) is 11.6 Å². The average molecular weight is 551 g/mol. The van der Waals surface area contributed by atoms with E-state index >= 15 is 4.39 Å². The van der Waals surface area contributed by atoms with Crippen LogP contribution < -0.4 is 10.1 Å². The maximum absolute atomic E-state index is 15.3. The topological polar surface area (TPSA) is 105 Å². The summed E-state index contributed by atoms with van der Waals surface area (Å²) < 4.78 is 81.8. The normalized spacial score (nSPS) is 16.0. The van der Waals surface area contributed by atoms with Crippen LogP contribution in [0.2, 0.25) is 0 Å². The van der Waals surface area contributed by atoms with Gasteiger partial charge in [0.15, 0.2) is 5.69 Å². The minimum Gasteiger partial charge on any atom is -0.436 e. The molecule has 0 bridgehead atoms. The van der Waals surface area contributed by atoms with E-state index in [2.05, 4.69) is 15.5 Å². The van der Waals surface area contributed by atoms with E-state index < -0.39 is 50.3 Å². The quantitative estimate of drug-likeness (QED) is 0.333. The summed E-state index contributed by atoms with van der Waals surface area (Å²) in [4.78, 5) is 13.4. The van der Waals surface area contributed by atoms with Crippen molar-refractivity contribution >= 4 is 21.3 Å². The summed E-state index contributed by atoms with van der Waals surface area (Å²) in [6, 6.07) is 7.26. The fourth-order valence-electron chi connectivity index (χ4n) is 4.21. The van der Waals surface area contributed by atoms with Crippen molar-refractivity contribution in [2.75, 3.05) is 11.6 Å². The number of nitrogens with zero attached hydrogens (tertiary/aromatic N) is 2. The zero-order chi connectivity index (χ0) is 28.2. The smallest absolute Gasteiger partial charge is 0.435 e. The van der Waals surface area contributed by atoms with Crippen LogP contribution in [0.1, 0.15) is 58.1 Å². The van der Waals surface area contributed by atoms with Crippen LogP contribution in [0.4, 0.5) is 23.2 Å². The van der Waals surface area contributed by atoms with Gasteiger partial charge >= 0.3 is 6.18 Å². The first-order valence-electron chi connectivity index (χ1n) is 11.6. The number of hydrogen-bond acceptors (Lipinski definition) is 6. The van der Waals surface area contributed by atoms with E-state index in [4.69, 9.17) is 9.52 Å². The second kappa shape index (κ2) is 9.33. The standard InChI is InChI=1S/C26H26F4N4O3S/c1-13-11-18(25(4)9-10-25)20(27)15(3)21(13)37-24-19(14(2)22(33-34-24)26(28,29)30)23(35)32-16-7-6-8-17(12-16)38(5,31)36/h6-8,11-12,31H,9-10H2,1-5H3,(H,32,35). The maximum Gasteiger partial charge on any atom is 0.435 e. The van der Waals surface area contributed by atoms with Crippen molar-refractivity contribution in [1.82, 2.24) is 10.2 Å². The lowest BCUT2D eigenvalue weighted by molar-refractivity contribution is -0.142. The van der Waals surface area contributed by atoms with E-state index in [0.717, 1.165) is 19.8 Å². The van der Waals surface area contributed by atoms with Crippen LogP contribution in [0.3, 0.4) is 0 Å². The number of halogens is 4. The van der Waals surface area contributed by atoms with E-state index in [-0.39, 0.29) is 27.3 Å². The maximum atomic E-state index is 15.3. The second-order valence-corrected chi connectivity index (χ2v) is 12.0. The third kappa shape index (κ3) is 5.22. The van der Waals surface area contributed by atoms with Gasteiger partial charge in [-0.3, -0.25) is 4.79 Å². The lowest BCUT2D eigenvalue weighted by Crippen LogP contribution is -2.21. The Morgan fingerprint density at radius 2 is 1.79 bits per heavy atom. The van der Waals surface area contributed by atoms with Crippen LogP contribution in [0.15, 0.2) is 35.2 Å². The van der Waals surface area contributed by atoms with Crippen LogP contribution in [0.5, 0.6) is 11.6 Å². The predicted molar refractivity (Wildman–Crippen MR) is 134 cm³/mol. The molecule has 2 aromatic carbocycles. The van der Waals surface area contributed by atoms with E-state index in [1.54, 1.807) is 13.0 Å². The van der Waals surface area contributed by atoms with Crippen LogP contribution in [-0.2, 0) is 21.3 Å². The summed E-state index contributed by atoms with van der Waals surface area (Å²) in [6.07, 6.45) is -2.02. The third-order valence-electron chi connectivity index (χ3n) is 6.70. The van der Waals surface area contributed by atoms with Gasteiger partial charge in [-0.1, -0.05) is 13.0 Å². The SMILES string of the molecule is Cc1cc(C2(C)CC2)c(F)c(C)c1Oc1nnc(C(F)(F)F)c(C)c1C(=O)Nc1cccc(S(C)(=N)=O)c1. The summed E-state index contributed by atoms with van der Waals surface area (Å²) in [7, 11) is -3.11. The summed E-state index contributed by atoms with van der Waals surface area (Å²) in [5.41, 5.74) is -1.42. The number of ether oxygens (including phenoxy) is 1. The van der Waals surface area contributed by atoms with E-state index in [1.165, 1.54) is 37.4 Å². The minimum absolute atomic E-state index is 0.0277. The molecule has 38 heavy (non-hydrogen) atoms. The molecule has 3 aromatic rings. The third-order valence-corrected chi connectivity index (χ3v) is 7.85. The Kier molecular flexibility index (Phi) is 6.75. The summed E-state index contributed by atoms with van der Waals surface area (Å²) in [5, 5.41) is 9.28. The van der Waals surface area contributed by atoms with Crippen LogP contribution >= 0.6 is 0 Å². The van der Waals surface area contributed by atoms with E-state index in [1.807, 2.05) is 6.92 Å². The number of carbonyl (C=O) groups is 1. The van der Waals surface area contributed by atoms with Crippen molar-refractivity contribution in [2.24, 2.45) is 0 Å². The number of anilines is 1. The number of aromatic nitrogens is 2. The Hall–Kier alpha value is -3.54. The molecule has 1 aliphatic rings. The predicted octanol–water partition coefficient (Wildman–Crippen LogP) is 6.69. The van der Waals surface area contributed by atoms with Gasteiger partial charge in [0, 0.05) is 22.4 Å².